The van der Waals surface area contributed by atoms with Crippen LogP contribution in [0.3, 0.4) is 0 Å². The predicted molar refractivity (Wildman–Crippen MR) is 115 cm³/mol. The van der Waals surface area contributed by atoms with Gasteiger partial charge in [0.25, 0.3) is 5.69 Å². The minimum Gasteiger partial charge on any atom is -0.495 e. The molecule has 0 unspecified atom stereocenters. The van der Waals surface area contributed by atoms with Crippen molar-refractivity contribution in [1.82, 2.24) is 4.98 Å². The van der Waals surface area contributed by atoms with E-state index >= 15 is 0 Å². The van der Waals surface area contributed by atoms with Crippen molar-refractivity contribution in [2.75, 3.05) is 12.0 Å². The normalized spacial score (nSPS) is 10.4. The molecule has 0 saturated carbocycles. The fourth-order valence-electron chi connectivity index (χ4n) is 2.73. The third-order valence-corrected chi connectivity index (χ3v) is 5.21. The first kappa shape index (κ1) is 22.2. The lowest BCUT2D eigenvalue weighted by atomic mass is 10.2. The molecule has 3 aromatic rings. The number of carbonyl (C=O) groups is 2. The number of methoxy groups -OCH3 is 1. The number of amides is 1. The van der Waals surface area contributed by atoms with E-state index in [1.54, 1.807) is 29.6 Å². The highest BCUT2D eigenvalue weighted by Gasteiger charge is 2.24. The van der Waals surface area contributed by atoms with E-state index in [0.717, 1.165) is 6.07 Å². The number of benzene rings is 2. The summed E-state index contributed by atoms with van der Waals surface area (Å²) in [6.07, 6.45) is 0. The van der Waals surface area contributed by atoms with Gasteiger partial charge >= 0.3 is 5.97 Å². The molecule has 31 heavy (non-hydrogen) atoms. The third kappa shape index (κ3) is 4.98. The standard InChI is InChI=1S/C20H16ClN3O6S/c1-12(25)23(16-5-3-4-6-18(16)29-2)20-22-14(11-31-20)10-30-19(26)15-8-7-13(21)9-17(15)24(27)28/h3-9,11H,10H2,1-2H3. The SMILES string of the molecule is COc1ccccc1N(C(C)=O)c1nc(COC(=O)c2ccc(Cl)cc2[N+](=O)[O-])cs1. The number of rotatable bonds is 7. The Balaban J connectivity index is 1.79. The summed E-state index contributed by atoms with van der Waals surface area (Å²) in [6.45, 7) is 1.17. The zero-order chi connectivity index (χ0) is 22.5. The lowest BCUT2D eigenvalue weighted by Crippen LogP contribution is -2.23. The molecule has 0 aliphatic carbocycles. The van der Waals surface area contributed by atoms with Gasteiger partial charge in [-0.15, -0.1) is 11.3 Å². The molecule has 3 rings (SSSR count). The lowest BCUT2D eigenvalue weighted by Gasteiger charge is -2.20. The largest absolute Gasteiger partial charge is 0.495 e. The molecule has 0 atom stereocenters. The van der Waals surface area contributed by atoms with Crippen LogP contribution in [-0.2, 0) is 16.1 Å². The molecule has 0 radical (unpaired) electrons. The average Bonchev–Trinajstić information content (AvgIpc) is 3.20. The Morgan fingerprint density at radius 1 is 1.26 bits per heavy atom. The van der Waals surface area contributed by atoms with Crippen LogP contribution in [0.1, 0.15) is 23.0 Å². The third-order valence-electron chi connectivity index (χ3n) is 4.10. The van der Waals surface area contributed by atoms with Gasteiger partial charge in [-0.05, 0) is 24.3 Å². The molecular formula is C20H16ClN3O6S. The molecule has 9 nitrogen and oxygen atoms in total. The Morgan fingerprint density at radius 3 is 2.68 bits per heavy atom. The van der Waals surface area contributed by atoms with Crippen LogP contribution in [0, 0.1) is 10.1 Å². The van der Waals surface area contributed by atoms with Crippen LogP contribution in [0.5, 0.6) is 5.75 Å². The van der Waals surface area contributed by atoms with E-state index in [0.29, 0.717) is 22.3 Å². The molecule has 1 heterocycles. The van der Waals surface area contributed by atoms with Crippen molar-refractivity contribution in [3.63, 3.8) is 0 Å². The van der Waals surface area contributed by atoms with E-state index in [-0.39, 0.29) is 23.1 Å². The fourth-order valence-corrected chi connectivity index (χ4v) is 3.76. The molecular weight excluding hydrogens is 446 g/mol. The molecule has 11 heteroatoms. The van der Waals surface area contributed by atoms with Crippen LogP contribution in [-0.4, -0.2) is 28.9 Å². The van der Waals surface area contributed by atoms with Crippen LogP contribution in [0.25, 0.3) is 0 Å². The average molecular weight is 462 g/mol. The van der Waals surface area contributed by atoms with Gasteiger partial charge in [0.2, 0.25) is 5.91 Å². The molecule has 2 aromatic carbocycles. The van der Waals surface area contributed by atoms with Gasteiger partial charge < -0.3 is 9.47 Å². The summed E-state index contributed by atoms with van der Waals surface area (Å²) in [5, 5.41) is 13.3. The number of carbonyl (C=O) groups excluding carboxylic acids is 2. The van der Waals surface area contributed by atoms with E-state index in [2.05, 4.69) is 4.98 Å². The predicted octanol–water partition coefficient (Wildman–Crippen LogP) is 4.75. The molecule has 1 amide bonds. The van der Waals surface area contributed by atoms with Crippen molar-refractivity contribution in [2.24, 2.45) is 0 Å². The number of halogens is 1. The molecule has 0 fully saturated rings. The summed E-state index contributed by atoms with van der Waals surface area (Å²) in [5.41, 5.74) is 0.234. The van der Waals surface area contributed by atoms with Gasteiger partial charge in [-0.25, -0.2) is 9.78 Å². The Kier molecular flexibility index (Phi) is 6.83. The van der Waals surface area contributed by atoms with Gasteiger partial charge in [-0.1, -0.05) is 23.7 Å². The van der Waals surface area contributed by atoms with Crippen LogP contribution < -0.4 is 9.64 Å². The van der Waals surface area contributed by atoms with Gasteiger partial charge in [0, 0.05) is 23.4 Å². The van der Waals surface area contributed by atoms with Crippen molar-refractivity contribution in [3.05, 3.63) is 74.2 Å². The Bertz CT molecular complexity index is 1150. The van der Waals surface area contributed by atoms with E-state index < -0.39 is 16.6 Å². The zero-order valence-electron chi connectivity index (χ0n) is 16.4. The van der Waals surface area contributed by atoms with Gasteiger partial charge in [0.15, 0.2) is 5.13 Å². The second-order valence-corrected chi connectivity index (χ2v) is 7.42. The number of hydrogen-bond donors (Lipinski definition) is 0. The van der Waals surface area contributed by atoms with Crippen LogP contribution in [0.2, 0.25) is 5.02 Å². The topological polar surface area (TPSA) is 112 Å². The first-order chi connectivity index (χ1) is 14.8. The number of ether oxygens (including phenoxy) is 2. The summed E-state index contributed by atoms with van der Waals surface area (Å²) in [5.74, 6) is -0.666. The first-order valence-corrected chi connectivity index (χ1v) is 10.1. The van der Waals surface area contributed by atoms with Gasteiger partial charge in [0.1, 0.15) is 17.9 Å². The second-order valence-electron chi connectivity index (χ2n) is 6.14. The molecule has 0 aliphatic rings. The monoisotopic (exact) mass is 461 g/mol. The number of anilines is 2. The van der Waals surface area contributed by atoms with Crippen molar-refractivity contribution in [3.8, 4) is 5.75 Å². The minimum atomic E-state index is -0.883. The van der Waals surface area contributed by atoms with E-state index in [9.17, 15) is 19.7 Å². The zero-order valence-corrected chi connectivity index (χ0v) is 18.0. The van der Waals surface area contributed by atoms with Crippen LogP contribution >= 0.6 is 22.9 Å². The second kappa shape index (κ2) is 9.54. The van der Waals surface area contributed by atoms with Gasteiger partial charge in [-0.2, -0.15) is 0 Å². The number of aromatic nitrogens is 1. The van der Waals surface area contributed by atoms with Gasteiger partial charge in [0.05, 0.1) is 23.4 Å². The summed E-state index contributed by atoms with van der Waals surface area (Å²) in [4.78, 5) is 40.8. The van der Waals surface area contributed by atoms with E-state index in [1.807, 2.05) is 0 Å². The number of para-hydroxylation sites is 2. The highest BCUT2D eigenvalue weighted by Crippen LogP contribution is 2.35. The van der Waals surface area contributed by atoms with E-state index in [4.69, 9.17) is 21.1 Å². The molecule has 0 N–H and O–H groups in total. The van der Waals surface area contributed by atoms with Gasteiger partial charge in [-0.3, -0.25) is 19.8 Å². The Morgan fingerprint density at radius 2 is 2.00 bits per heavy atom. The van der Waals surface area contributed by atoms with Crippen molar-refractivity contribution >= 4 is 51.3 Å². The molecule has 1 aromatic heterocycles. The Hall–Kier alpha value is -3.50. The smallest absolute Gasteiger partial charge is 0.345 e. The summed E-state index contributed by atoms with van der Waals surface area (Å²) in [6, 6.07) is 10.7. The number of thiazole rings is 1. The fraction of sp³-hybridized carbons (Fsp3) is 0.150. The molecule has 0 aliphatic heterocycles. The maximum atomic E-state index is 12.3. The molecule has 0 spiro atoms. The quantitative estimate of drug-likeness (QED) is 0.283. The molecule has 160 valence electrons. The number of hydrogen-bond acceptors (Lipinski definition) is 8. The van der Waals surface area contributed by atoms with Crippen molar-refractivity contribution in [2.45, 2.75) is 13.5 Å². The minimum absolute atomic E-state index is 0.132. The number of nitro benzene ring substituents is 1. The van der Waals surface area contributed by atoms with Crippen molar-refractivity contribution in [1.29, 1.82) is 0 Å². The molecule has 0 saturated heterocycles. The lowest BCUT2D eigenvalue weighted by molar-refractivity contribution is -0.385. The van der Waals surface area contributed by atoms with Crippen LogP contribution in [0.4, 0.5) is 16.5 Å². The number of nitrogens with zero attached hydrogens (tertiary/aromatic N) is 3. The van der Waals surface area contributed by atoms with E-state index in [1.165, 1.54) is 42.4 Å². The van der Waals surface area contributed by atoms with Crippen LogP contribution in [0.15, 0.2) is 47.8 Å². The highest BCUT2D eigenvalue weighted by atomic mass is 35.5. The maximum Gasteiger partial charge on any atom is 0.345 e. The number of esters is 1. The first-order valence-electron chi connectivity index (χ1n) is 8.81. The highest BCUT2D eigenvalue weighted by molar-refractivity contribution is 7.14. The summed E-state index contributed by atoms with van der Waals surface area (Å²) >= 11 is 6.94. The summed E-state index contributed by atoms with van der Waals surface area (Å²) < 4.78 is 10.5. The van der Waals surface area contributed by atoms with Crippen molar-refractivity contribution < 1.29 is 24.0 Å². The maximum absolute atomic E-state index is 12.3. The molecule has 0 bridgehead atoms. The summed E-state index contributed by atoms with van der Waals surface area (Å²) in [7, 11) is 1.50. The number of nitro groups is 1. The Labute approximate surface area is 185 Å².